The van der Waals surface area contributed by atoms with Crippen LogP contribution in [0.5, 0.6) is 0 Å². The van der Waals surface area contributed by atoms with E-state index in [0.717, 1.165) is 32.1 Å². The van der Waals surface area contributed by atoms with Crippen molar-refractivity contribution in [3.63, 3.8) is 0 Å². The average molecular weight is 213 g/mol. The molecule has 0 aliphatic rings. The fraction of sp³-hybridized carbons (Fsp3) is 0.312. The third kappa shape index (κ3) is 3.69. The van der Waals surface area contributed by atoms with E-state index in [4.69, 9.17) is 0 Å². The molecule has 1 radical (unpaired) electrons. The minimum absolute atomic E-state index is 0.943. The predicted octanol–water partition coefficient (Wildman–Crippen LogP) is 4.30. The second-order valence-electron chi connectivity index (χ2n) is 4.05. The van der Waals surface area contributed by atoms with Gasteiger partial charge < -0.3 is 0 Å². The number of rotatable bonds is 7. The first-order valence-corrected chi connectivity index (χ1v) is 5.93. The fourth-order valence-corrected chi connectivity index (χ4v) is 1.86. The van der Waals surface area contributed by atoms with Gasteiger partial charge in [0.25, 0.3) is 0 Å². The number of allylic oxidation sites excluding steroid dienone is 2. The number of aryl methyl sites for hydroxylation is 1. The van der Waals surface area contributed by atoms with Crippen LogP contribution < -0.4 is 0 Å². The molecule has 0 amide bonds. The molecule has 0 heteroatoms. The molecule has 0 aliphatic heterocycles. The molecule has 16 heavy (non-hydrogen) atoms. The van der Waals surface area contributed by atoms with E-state index < -0.39 is 0 Å². The molecule has 0 aliphatic carbocycles. The van der Waals surface area contributed by atoms with Gasteiger partial charge in [-0.2, -0.15) is 0 Å². The van der Waals surface area contributed by atoms with Gasteiger partial charge in [0.1, 0.15) is 0 Å². The molecule has 0 unspecified atom stereocenters. The van der Waals surface area contributed by atoms with Gasteiger partial charge in [-0.15, -0.1) is 13.2 Å². The molecule has 0 saturated heterocycles. The van der Waals surface area contributed by atoms with E-state index in [1.807, 2.05) is 12.2 Å². The average Bonchev–Trinajstić information content (AvgIpc) is 2.30. The largest absolute Gasteiger partial charge is 0.103 e. The van der Waals surface area contributed by atoms with Crippen LogP contribution in [0, 0.1) is 6.92 Å². The first-order valence-electron chi connectivity index (χ1n) is 5.93. The highest BCUT2D eigenvalue weighted by atomic mass is 14.1. The Morgan fingerprint density at radius 2 is 1.69 bits per heavy atom. The zero-order valence-corrected chi connectivity index (χ0v) is 10.0. The Balaban J connectivity index is 2.87. The third-order valence-corrected chi connectivity index (χ3v) is 2.71. The molecular formula is C16H21. The van der Waals surface area contributed by atoms with Crippen molar-refractivity contribution >= 4 is 0 Å². The van der Waals surface area contributed by atoms with Crippen molar-refractivity contribution in [1.29, 1.82) is 0 Å². The lowest BCUT2D eigenvalue weighted by Crippen LogP contribution is -1.95. The van der Waals surface area contributed by atoms with Crippen LogP contribution in [-0.2, 0) is 19.3 Å². The summed E-state index contributed by atoms with van der Waals surface area (Å²) in [6.45, 7) is 11.5. The quantitative estimate of drug-likeness (QED) is 0.592. The van der Waals surface area contributed by atoms with Gasteiger partial charge in [-0.05, 0) is 42.4 Å². The molecule has 1 aromatic rings. The van der Waals surface area contributed by atoms with E-state index in [1.165, 1.54) is 16.7 Å². The topological polar surface area (TPSA) is 0 Å². The lowest BCUT2D eigenvalue weighted by molar-refractivity contribution is 0.838. The van der Waals surface area contributed by atoms with Crippen molar-refractivity contribution in [2.24, 2.45) is 0 Å². The zero-order valence-electron chi connectivity index (χ0n) is 10.0. The Bertz CT molecular complexity index is 347. The summed E-state index contributed by atoms with van der Waals surface area (Å²) in [5.41, 5.74) is 4.16. The summed E-state index contributed by atoms with van der Waals surface area (Å²) in [7, 11) is 0. The maximum atomic E-state index is 3.88. The predicted molar refractivity (Wildman–Crippen MR) is 72.5 cm³/mol. The Morgan fingerprint density at radius 3 is 2.31 bits per heavy atom. The maximum Gasteiger partial charge on any atom is -0.00972 e. The van der Waals surface area contributed by atoms with Gasteiger partial charge in [0, 0.05) is 0 Å². The number of hydrogen-bond acceptors (Lipinski definition) is 0. The third-order valence-electron chi connectivity index (χ3n) is 2.71. The van der Waals surface area contributed by atoms with E-state index in [2.05, 4.69) is 38.3 Å². The molecule has 85 valence electrons. The molecule has 1 rings (SSSR count). The summed E-state index contributed by atoms with van der Waals surface area (Å²) < 4.78 is 0. The van der Waals surface area contributed by atoms with Crippen LogP contribution in [-0.4, -0.2) is 0 Å². The molecular weight excluding hydrogens is 192 g/mol. The lowest BCUT2D eigenvalue weighted by Gasteiger charge is -2.09. The molecule has 0 spiro atoms. The Hall–Kier alpha value is -1.30. The van der Waals surface area contributed by atoms with E-state index in [-0.39, 0.29) is 0 Å². The van der Waals surface area contributed by atoms with Crippen molar-refractivity contribution in [2.75, 3.05) is 0 Å². The normalized spacial score (nSPS) is 10.1. The van der Waals surface area contributed by atoms with E-state index in [0.29, 0.717) is 0 Å². The Labute approximate surface area is 99.7 Å². The van der Waals surface area contributed by atoms with Gasteiger partial charge in [0.2, 0.25) is 0 Å². The summed E-state index contributed by atoms with van der Waals surface area (Å²) in [4.78, 5) is 0. The smallest absolute Gasteiger partial charge is 0.00972 e. The summed E-state index contributed by atoms with van der Waals surface area (Å²) in [6.07, 6.45) is 9.10. The van der Waals surface area contributed by atoms with Crippen LogP contribution in [0.1, 0.15) is 29.5 Å². The van der Waals surface area contributed by atoms with Gasteiger partial charge >= 0.3 is 0 Å². The van der Waals surface area contributed by atoms with E-state index >= 15 is 0 Å². The highest BCUT2D eigenvalue weighted by Gasteiger charge is 2.01. The molecule has 0 saturated carbocycles. The van der Waals surface area contributed by atoms with Crippen molar-refractivity contribution in [3.8, 4) is 0 Å². The van der Waals surface area contributed by atoms with Crippen LogP contribution in [0.4, 0.5) is 0 Å². The molecule has 0 atom stereocenters. The molecule has 0 aromatic heterocycles. The lowest BCUT2D eigenvalue weighted by atomic mass is 9.97. The summed E-state index contributed by atoms with van der Waals surface area (Å²) in [6, 6.07) is 6.75. The van der Waals surface area contributed by atoms with Crippen molar-refractivity contribution in [3.05, 3.63) is 67.1 Å². The summed E-state index contributed by atoms with van der Waals surface area (Å²) in [5.74, 6) is 0. The molecule has 0 fully saturated rings. The monoisotopic (exact) mass is 213 g/mol. The summed E-state index contributed by atoms with van der Waals surface area (Å²) >= 11 is 0. The molecule has 0 heterocycles. The highest BCUT2D eigenvalue weighted by Crippen LogP contribution is 2.16. The fourth-order valence-electron chi connectivity index (χ4n) is 1.86. The maximum absolute atomic E-state index is 3.88. The van der Waals surface area contributed by atoms with Gasteiger partial charge in [-0.1, -0.05) is 43.7 Å². The minimum Gasteiger partial charge on any atom is -0.103 e. The first-order chi connectivity index (χ1) is 7.81. The first kappa shape index (κ1) is 12.8. The number of benzene rings is 1. The van der Waals surface area contributed by atoms with Crippen LogP contribution in [0.2, 0.25) is 0 Å². The van der Waals surface area contributed by atoms with E-state index in [1.54, 1.807) is 0 Å². The standard InChI is InChI=1S/C16H21/c1-4-7-10-14-11-12-15(8-5-2)16(13-14)9-6-3/h5-6,11-13H,1-4,7-10H2. The van der Waals surface area contributed by atoms with Crippen LogP contribution in [0.15, 0.2) is 43.5 Å². The van der Waals surface area contributed by atoms with Crippen molar-refractivity contribution in [1.82, 2.24) is 0 Å². The van der Waals surface area contributed by atoms with Gasteiger partial charge in [-0.25, -0.2) is 0 Å². The van der Waals surface area contributed by atoms with Gasteiger partial charge in [0.15, 0.2) is 0 Å². The van der Waals surface area contributed by atoms with Crippen LogP contribution in [0.25, 0.3) is 0 Å². The number of hydrogen-bond donors (Lipinski definition) is 0. The second kappa shape index (κ2) is 7.05. The zero-order chi connectivity index (χ0) is 11.8. The molecule has 1 aromatic carbocycles. The van der Waals surface area contributed by atoms with E-state index in [9.17, 15) is 0 Å². The number of unbranched alkanes of at least 4 members (excludes halogenated alkanes) is 1. The van der Waals surface area contributed by atoms with Gasteiger partial charge in [-0.3, -0.25) is 0 Å². The van der Waals surface area contributed by atoms with Crippen LogP contribution in [0.3, 0.4) is 0 Å². The van der Waals surface area contributed by atoms with Crippen LogP contribution >= 0.6 is 0 Å². The Morgan fingerprint density at radius 1 is 1.00 bits per heavy atom. The summed E-state index contributed by atoms with van der Waals surface area (Å²) in [5, 5.41) is 0. The SMILES string of the molecule is [CH2]CCCc1ccc(CC=C)c(CC=C)c1. The van der Waals surface area contributed by atoms with Crippen molar-refractivity contribution in [2.45, 2.75) is 32.1 Å². The highest BCUT2D eigenvalue weighted by molar-refractivity contribution is 5.34. The minimum atomic E-state index is 0.943. The molecule has 0 bridgehead atoms. The van der Waals surface area contributed by atoms with Gasteiger partial charge in [0.05, 0.1) is 0 Å². The van der Waals surface area contributed by atoms with Crippen molar-refractivity contribution < 1.29 is 0 Å². The molecule has 0 nitrogen and oxygen atoms in total. The second-order valence-corrected chi connectivity index (χ2v) is 4.05. The Kier molecular flexibility index (Phi) is 5.63. The molecule has 0 N–H and O–H groups in total.